The van der Waals surface area contributed by atoms with E-state index in [9.17, 15) is 9.59 Å². The number of hydrazone groups is 1. The van der Waals surface area contributed by atoms with Crippen molar-refractivity contribution >= 4 is 50.4 Å². The number of carbonyl (C=O) groups excluding carboxylic acids is 2. The van der Waals surface area contributed by atoms with Gasteiger partial charge in [-0.25, -0.2) is 5.43 Å². The van der Waals surface area contributed by atoms with E-state index in [2.05, 4.69) is 42.0 Å². The fraction of sp³-hybridized carbons (Fsp3) is 0.105. The number of aromatic nitrogens is 2. The highest BCUT2D eigenvalue weighted by molar-refractivity contribution is 9.10. The van der Waals surface area contributed by atoms with Crippen LogP contribution < -0.4 is 15.5 Å². The van der Waals surface area contributed by atoms with Gasteiger partial charge in [0.1, 0.15) is 10.8 Å². The Balaban J connectivity index is 1.50. The third-order valence-corrected chi connectivity index (χ3v) is 4.99. The van der Waals surface area contributed by atoms with Crippen LogP contribution in [-0.4, -0.2) is 35.3 Å². The number of benzene rings is 2. The predicted octanol–water partition coefficient (Wildman–Crippen LogP) is 3.25. The van der Waals surface area contributed by atoms with Gasteiger partial charge in [-0.3, -0.25) is 14.9 Å². The third-order valence-electron chi connectivity index (χ3n) is 3.62. The van der Waals surface area contributed by atoms with Crippen LogP contribution in [0.3, 0.4) is 0 Å². The first kappa shape index (κ1) is 20.6. The summed E-state index contributed by atoms with van der Waals surface area (Å²) >= 11 is 4.48. The molecule has 148 valence electrons. The van der Waals surface area contributed by atoms with Gasteiger partial charge in [0.05, 0.1) is 19.7 Å². The highest BCUT2D eigenvalue weighted by atomic mass is 79.9. The molecule has 3 rings (SSSR count). The Morgan fingerprint density at radius 1 is 1.14 bits per heavy atom. The highest BCUT2D eigenvalue weighted by Crippen LogP contribution is 2.18. The van der Waals surface area contributed by atoms with Gasteiger partial charge in [0.25, 0.3) is 5.91 Å². The summed E-state index contributed by atoms with van der Waals surface area (Å²) in [7, 11) is 1.56. The summed E-state index contributed by atoms with van der Waals surface area (Å²) in [4.78, 5) is 24.2. The van der Waals surface area contributed by atoms with E-state index in [-0.39, 0.29) is 18.2 Å². The summed E-state index contributed by atoms with van der Waals surface area (Å²) < 4.78 is 6.03. The minimum Gasteiger partial charge on any atom is -0.497 e. The van der Waals surface area contributed by atoms with Crippen molar-refractivity contribution < 1.29 is 14.3 Å². The monoisotopic (exact) mass is 473 g/mol. The number of hydrogen-bond acceptors (Lipinski definition) is 7. The molecule has 0 saturated heterocycles. The molecule has 10 heteroatoms. The molecule has 2 N–H and O–H groups in total. The van der Waals surface area contributed by atoms with Gasteiger partial charge >= 0.3 is 0 Å². The van der Waals surface area contributed by atoms with Crippen LogP contribution in [0, 0.1) is 0 Å². The first-order chi connectivity index (χ1) is 14.0. The number of amides is 2. The van der Waals surface area contributed by atoms with E-state index in [4.69, 9.17) is 4.74 Å². The van der Waals surface area contributed by atoms with Gasteiger partial charge in [0.15, 0.2) is 0 Å². The molecule has 0 unspecified atom stereocenters. The van der Waals surface area contributed by atoms with Crippen LogP contribution >= 0.6 is 27.3 Å². The van der Waals surface area contributed by atoms with Crippen molar-refractivity contribution in [2.45, 2.75) is 6.42 Å². The van der Waals surface area contributed by atoms with Crippen molar-refractivity contribution in [1.82, 2.24) is 15.6 Å². The number of methoxy groups -OCH3 is 1. The number of nitrogens with one attached hydrogen (secondary N) is 2. The Morgan fingerprint density at radius 2 is 1.86 bits per heavy atom. The zero-order valence-electron chi connectivity index (χ0n) is 15.3. The summed E-state index contributed by atoms with van der Waals surface area (Å²) in [5.74, 6) is 0.00926. The van der Waals surface area contributed by atoms with Crippen LogP contribution in [0.2, 0.25) is 0 Å². The predicted molar refractivity (Wildman–Crippen MR) is 114 cm³/mol. The number of ether oxygens (including phenoxy) is 1. The Hall–Kier alpha value is -3.11. The van der Waals surface area contributed by atoms with E-state index in [1.165, 1.54) is 0 Å². The van der Waals surface area contributed by atoms with Crippen LogP contribution in [-0.2, 0) is 11.2 Å². The van der Waals surface area contributed by atoms with Gasteiger partial charge in [0.2, 0.25) is 11.0 Å². The number of halogens is 1. The fourth-order valence-electron chi connectivity index (χ4n) is 2.19. The first-order valence-electron chi connectivity index (χ1n) is 8.39. The normalized spacial score (nSPS) is 10.7. The van der Waals surface area contributed by atoms with Crippen molar-refractivity contribution in [2.24, 2.45) is 5.10 Å². The molecule has 0 saturated carbocycles. The molecule has 3 aromatic rings. The lowest BCUT2D eigenvalue weighted by Crippen LogP contribution is -2.19. The molecule has 2 amide bonds. The van der Waals surface area contributed by atoms with Gasteiger partial charge in [-0.2, -0.15) is 5.10 Å². The lowest BCUT2D eigenvalue weighted by atomic mass is 10.2. The molecule has 2 aromatic carbocycles. The Labute approximate surface area is 179 Å². The van der Waals surface area contributed by atoms with Crippen molar-refractivity contribution in [3.05, 3.63) is 69.1 Å². The zero-order valence-corrected chi connectivity index (χ0v) is 17.7. The molecule has 1 aromatic heterocycles. The average molecular weight is 474 g/mol. The van der Waals surface area contributed by atoms with Gasteiger partial charge in [-0.05, 0) is 42.0 Å². The molecular weight excluding hydrogens is 458 g/mol. The Bertz CT molecular complexity index is 1020. The zero-order chi connectivity index (χ0) is 20.6. The second-order valence-corrected chi connectivity index (χ2v) is 7.68. The molecule has 0 radical (unpaired) electrons. The molecule has 0 fully saturated rings. The molecule has 0 aliphatic heterocycles. The van der Waals surface area contributed by atoms with Crippen LogP contribution in [0.1, 0.15) is 20.9 Å². The molecule has 0 atom stereocenters. The summed E-state index contributed by atoms with van der Waals surface area (Å²) in [5.41, 5.74) is 3.75. The first-order valence-corrected chi connectivity index (χ1v) is 9.99. The van der Waals surface area contributed by atoms with Crippen LogP contribution in [0.5, 0.6) is 5.75 Å². The average Bonchev–Trinajstić information content (AvgIpc) is 3.16. The molecular formula is C19H16BrN5O3S. The second kappa shape index (κ2) is 9.89. The van der Waals surface area contributed by atoms with E-state index in [1.54, 1.807) is 37.6 Å². The lowest BCUT2D eigenvalue weighted by molar-refractivity contribution is -0.120. The Morgan fingerprint density at radius 3 is 2.55 bits per heavy atom. The van der Waals surface area contributed by atoms with Crippen molar-refractivity contribution in [3.63, 3.8) is 0 Å². The molecule has 1 heterocycles. The van der Waals surface area contributed by atoms with Crippen LogP contribution in [0.4, 0.5) is 5.13 Å². The van der Waals surface area contributed by atoms with Crippen LogP contribution in [0.15, 0.2) is 58.1 Å². The molecule has 0 aliphatic rings. The maximum Gasteiger partial charge on any atom is 0.257 e. The smallest absolute Gasteiger partial charge is 0.257 e. The SMILES string of the molecule is COc1ccc(C(=O)Nc2nnc(CC(=O)NN=Cc3ccc(Br)cc3)s2)cc1. The highest BCUT2D eigenvalue weighted by Gasteiger charge is 2.12. The Kier molecular flexibility index (Phi) is 7.04. The molecule has 0 aliphatic carbocycles. The molecule has 0 bridgehead atoms. The number of nitrogens with zero attached hydrogens (tertiary/aromatic N) is 3. The molecule has 29 heavy (non-hydrogen) atoms. The number of hydrogen-bond donors (Lipinski definition) is 2. The molecule has 0 spiro atoms. The minimum atomic E-state index is -0.331. The summed E-state index contributed by atoms with van der Waals surface area (Å²) in [6.07, 6.45) is 1.55. The van der Waals surface area contributed by atoms with E-state index in [0.717, 1.165) is 21.4 Å². The van der Waals surface area contributed by atoms with Gasteiger partial charge in [0, 0.05) is 10.0 Å². The van der Waals surface area contributed by atoms with Crippen LogP contribution in [0.25, 0.3) is 0 Å². The lowest BCUT2D eigenvalue weighted by Gasteiger charge is -2.02. The molecule has 8 nitrogen and oxygen atoms in total. The minimum absolute atomic E-state index is 0.00769. The maximum absolute atomic E-state index is 12.2. The summed E-state index contributed by atoms with van der Waals surface area (Å²) in [6, 6.07) is 14.2. The van der Waals surface area contributed by atoms with Gasteiger partial charge < -0.3 is 4.74 Å². The topological polar surface area (TPSA) is 106 Å². The standard InChI is InChI=1S/C19H16BrN5O3S/c1-28-15-8-4-13(5-9-15)18(27)22-19-25-24-17(29-19)10-16(26)23-21-11-12-2-6-14(20)7-3-12/h2-9,11H,10H2,1H3,(H,23,26)(H,22,25,27). The van der Waals surface area contributed by atoms with E-state index in [1.807, 2.05) is 24.3 Å². The number of rotatable bonds is 7. The number of anilines is 1. The third kappa shape index (κ3) is 6.19. The summed E-state index contributed by atoms with van der Waals surface area (Å²) in [5, 5.41) is 15.2. The largest absolute Gasteiger partial charge is 0.497 e. The van der Waals surface area contributed by atoms with Gasteiger partial charge in [-0.15, -0.1) is 10.2 Å². The van der Waals surface area contributed by atoms with Crippen molar-refractivity contribution in [3.8, 4) is 5.75 Å². The van der Waals surface area contributed by atoms with Gasteiger partial charge in [-0.1, -0.05) is 39.4 Å². The quantitative estimate of drug-likeness (QED) is 0.404. The van der Waals surface area contributed by atoms with E-state index in [0.29, 0.717) is 21.5 Å². The van der Waals surface area contributed by atoms with Crippen molar-refractivity contribution in [2.75, 3.05) is 12.4 Å². The van der Waals surface area contributed by atoms with E-state index >= 15 is 0 Å². The summed E-state index contributed by atoms with van der Waals surface area (Å²) in [6.45, 7) is 0. The maximum atomic E-state index is 12.2. The number of carbonyl (C=O) groups is 2. The van der Waals surface area contributed by atoms with Crippen molar-refractivity contribution in [1.29, 1.82) is 0 Å². The second-order valence-electron chi connectivity index (χ2n) is 5.71. The van der Waals surface area contributed by atoms with E-state index < -0.39 is 0 Å². The fourth-order valence-corrected chi connectivity index (χ4v) is 3.19.